The van der Waals surface area contributed by atoms with Crippen LogP contribution in [-0.2, 0) is 18.3 Å². The molecule has 2 aliphatic rings. The van der Waals surface area contributed by atoms with Gasteiger partial charge in [0.2, 0.25) is 0 Å². The van der Waals surface area contributed by atoms with E-state index in [-0.39, 0.29) is 5.41 Å². The van der Waals surface area contributed by atoms with Crippen molar-refractivity contribution in [3.05, 3.63) is 58.7 Å². The van der Waals surface area contributed by atoms with Crippen LogP contribution < -0.4 is 5.73 Å². The van der Waals surface area contributed by atoms with Crippen LogP contribution in [-0.4, -0.2) is 32.6 Å². The molecule has 0 unspecified atom stereocenters. The molecule has 3 aromatic heterocycles. The molecule has 0 bridgehead atoms. The third kappa shape index (κ3) is 2.64. The van der Waals surface area contributed by atoms with Crippen molar-refractivity contribution in [2.24, 2.45) is 5.73 Å². The molecule has 0 radical (unpaired) electrons. The maximum atomic E-state index is 12.1. The summed E-state index contributed by atoms with van der Waals surface area (Å²) >= 11 is 0. The number of H-pyrrole nitrogens is 1. The minimum absolute atomic E-state index is 0.238. The Balaban J connectivity index is 1.66. The monoisotopic (exact) mass is 385 g/mol. The predicted molar refractivity (Wildman–Crippen MR) is 106 cm³/mol. The predicted octanol–water partition coefficient (Wildman–Crippen LogP) is 2.80. The maximum Gasteiger partial charge on any atom is 0.337 e. The molecule has 3 heterocycles. The van der Waals surface area contributed by atoms with Crippen molar-refractivity contribution in [3.63, 3.8) is 0 Å². The molecule has 1 fully saturated rings. The number of carboxylic acids is 1. The minimum atomic E-state index is -0.897. The number of nitrogens with zero attached hydrogens (tertiary/aromatic N) is 3. The normalized spacial score (nSPS) is 15.9. The first-order chi connectivity index (χ1) is 14.1. The second-order valence-corrected chi connectivity index (χ2v) is 7.79. The number of rotatable bonds is 4. The highest BCUT2D eigenvalue weighted by atomic mass is 16.4. The summed E-state index contributed by atoms with van der Waals surface area (Å²) in [4.78, 5) is 24.2. The third-order valence-electron chi connectivity index (χ3n) is 6.17. The first-order valence-electron chi connectivity index (χ1n) is 9.61. The highest BCUT2D eigenvalue weighted by Gasteiger charge is 2.48. The molecule has 0 aromatic carbocycles. The van der Waals surface area contributed by atoms with E-state index in [1.807, 2.05) is 24.4 Å². The number of aromatic nitrogens is 3. The molecule has 0 amide bonds. The average molecular weight is 385 g/mol. The second-order valence-electron chi connectivity index (χ2n) is 7.79. The smallest absolute Gasteiger partial charge is 0.337 e. The van der Waals surface area contributed by atoms with Crippen LogP contribution in [0.4, 0.5) is 0 Å². The molecule has 0 spiro atoms. The number of fused-ring (bicyclic) bond motifs is 3. The third-order valence-corrected chi connectivity index (χ3v) is 6.17. The lowest BCUT2D eigenvalue weighted by atomic mass is 9.87. The number of aryl methyl sites for hydroxylation is 1. The van der Waals surface area contributed by atoms with Gasteiger partial charge in [-0.2, -0.15) is 5.26 Å². The van der Waals surface area contributed by atoms with Crippen LogP contribution in [0.25, 0.3) is 22.5 Å². The molecule has 0 atom stereocenters. The molecule has 1 saturated carbocycles. The first kappa shape index (κ1) is 17.6. The van der Waals surface area contributed by atoms with Crippen LogP contribution in [0.15, 0.2) is 30.6 Å². The maximum absolute atomic E-state index is 12.1. The number of nitrogens with two attached hydrogens (primary N) is 1. The SMILES string of the molecule is N#Cc1ccc(-c2cc3c(cn2)CCc2c-3[nH]c(C3(CN)CC3)c2C(=O)O)cn1. The number of nitrogens with one attached hydrogen (secondary N) is 1. The summed E-state index contributed by atoms with van der Waals surface area (Å²) in [6.45, 7) is 0.442. The molecule has 0 saturated heterocycles. The molecular weight excluding hydrogens is 366 g/mol. The zero-order valence-electron chi connectivity index (χ0n) is 15.7. The quantitative estimate of drug-likeness (QED) is 0.633. The number of nitriles is 1. The van der Waals surface area contributed by atoms with Gasteiger partial charge >= 0.3 is 5.97 Å². The van der Waals surface area contributed by atoms with E-state index in [1.165, 1.54) is 0 Å². The van der Waals surface area contributed by atoms with Gasteiger partial charge in [0.1, 0.15) is 11.8 Å². The fourth-order valence-corrected chi connectivity index (χ4v) is 4.30. The summed E-state index contributed by atoms with van der Waals surface area (Å²) in [5.74, 6) is -0.897. The number of pyridine rings is 2. The van der Waals surface area contributed by atoms with Crippen LogP contribution in [0.3, 0.4) is 0 Å². The first-order valence-corrected chi connectivity index (χ1v) is 9.61. The van der Waals surface area contributed by atoms with Gasteiger partial charge in [-0.15, -0.1) is 0 Å². The Kier molecular flexibility index (Phi) is 3.80. The fourth-order valence-electron chi connectivity index (χ4n) is 4.30. The topological polar surface area (TPSA) is 129 Å². The lowest BCUT2D eigenvalue weighted by molar-refractivity contribution is 0.0694. The van der Waals surface area contributed by atoms with E-state index in [0.29, 0.717) is 24.2 Å². The molecule has 29 heavy (non-hydrogen) atoms. The standard InChI is InChI=1S/C22H19N5O2/c23-8-14-3-1-13(10-25-14)17-7-16-12(9-26-17)2-4-15-18(21(28)29)20(27-19(15)16)22(11-24)5-6-22/h1,3,7,9-10,27H,2,4-6,11,24H2,(H,28,29). The van der Waals surface area contributed by atoms with Crippen molar-refractivity contribution in [1.82, 2.24) is 15.0 Å². The molecule has 5 rings (SSSR count). The van der Waals surface area contributed by atoms with E-state index in [9.17, 15) is 9.90 Å². The van der Waals surface area contributed by atoms with Gasteiger partial charge in [0.25, 0.3) is 0 Å². The molecule has 7 heteroatoms. The van der Waals surface area contributed by atoms with Crippen LogP contribution >= 0.6 is 0 Å². The Morgan fingerprint density at radius 3 is 2.72 bits per heavy atom. The van der Waals surface area contributed by atoms with Gasteiger partial charge in [-0.25, -0.2) is 9.78 Å². The number of aromatic carboxylic acids is 1. The lowest BCUT2D eigenvalue weighted by Gasteiger charge is -2.17. The molecule has 7 nitrogen and oxygen atoms in total. The molecule has 4 N–H and O–H groups in total. The number of aromatic amines is 1. The van der Waals surface area contributed by atoms with Crippen LogP contribution in [0.5, 0.6) is 0 Å². The van der Waals surface area contributed by atoms with Gasteiger partial charge in [-0.05, 0) is 55.0 Å². The highest BCUT2D eigenvalue weighted by Crippen LogP contribution is 2.51. The largest absolute Gasteiger partial charge is 0.478 e. The Hall–Kier alpha value is -3.50. The molecule has 2 aliphatic carbocycles. The van der Waals surface area contributed by atoms with E-state index in [4.69, 9.17) is 11.0 Å². The summed E-state index contributed by atoms with van der Waals surface area (Å²) in [6.07, 6.45) is 6.72. The van der Waals surface area contributed by atoms with Gasteiger partial charge in [-0.3, -0.25) is 4.98 Å². The minimum Gasteiger partial charge on any atom is -0.478 e. The van der Waals surface area contributed by atoms with Crippen molar-refractivity contribution in [2.75, 3.05) is 6.54 Å². The van der Waals surface area contributed by atoms with Crippen molar-refractivity contribution >= 4 is 5.97 Å². The highest BCUT2D eigenvalue weighted by molar-refractivity contribution is 5.95. The van der Waals surface area contributed by atoms with Gasteiger partial charge in [0.05, 0.1) is 17.0 Å². The Bertz CT molecular complexity index is 1180. The van der Waals surface area contributed by atoms with Crippen LogP contribution in [0, 0.1) is 11.3 Å². The average Bonchev–Trinajstić information content (AvgIpc) is 3.45. The van der Waals surface area contributed by atoms with E-state index < -0.39 is 5.97 Å². The fraction of sp³-hybridized carbons (Fsp3) is 0.273. The zero-order chi connectivity index (χ0) is 20.2. The second kappa shape index (κ2) is 6.26. The summed E-state index contributed by atoms with van der Waals surface area (Å²) in [7, 11) is 0. The van der Waals surface area contributed by atoms with Crippen LogP contribution in [0.1, 0.15) is 45.7 Å². The molecule has 3 aromatic rings. The molecule has 144 valence electrons. The van der Waals surface area contributed by atoms with Crippen molar-refractivity contribution in [2.45, 2.75) is 31.1 Å². The van der Waals surface area contributed by atoms with E-state index >= 15 is 0 Å². The Labute approximate surface area is 167 Å². The van der Waals surface area contributed by atoms with Crippen molar-refractivity contribution in [3.8, 4) is 28.6 Å². The van der Waals surface area contributed by atoms with Gasteiger partial charge in [-0.1, -0.05) is 0 Å². The summed E-state index contributed by atoms with van der Waals surface area (Å²) in [5.41, 5.74) is 12.6. The summed E-state index contributed by atoms with van der Waals surface area (Å²) < 4.78 is 0. The number of hydrogen-bond donors (Lipinski definition) is 3. The number of hydrogen-bond acceptors (Lipinski definition) is 5. The van der Waals surface area contributed by atoms with E-state index in [0.717, 1.165) is 58.6 Å². The van der Waals surface area contributed by atoms with Crippen molar-refractivity contribution in [1.29, 1.82) is 5.26 Å². The lowest BCUT2D eigenvalue weighted by Crippen LogP contribution is -2.23. The Morgan fingerprint density at radius 1 is 1.28 bits per heavy atom. The molecular formula is C22H19N5O2. The zero-order valence-corrected chi connectivity index (χ0v) is 15.7. The molecule has 0 aliphatic heterocycles. The van der Waals surface area contributed by atoms with Crippen molar-refractivity contribution < 1.29 is 9.90 Å². The van der Waals surface area contributed by atoms with E-state index in [2.05, 4.69) is 15.0 Å². The van der Waals surface area contributed by atoms with Crippen LogP contribution in [0.2, 0.25) is 0 Å². The van der Waals surface area contributed by atoms with Gasteiger partial charge in [0.15, 0.2) is 0 Å². The number of carboxylic acid groups (broad SMARTS) is 1. The van der Waals surface area contributed by atoms with E-state index in [1.54, 1.807) is 12.3 Å². The summed E-state index contributed by atoms with van der Waals surface area (Å²) in [6, 6.07) is 7.47. The number of carbonyl (C=O) groups is 1. The van der Waals surface area contributed by atoms with Gasteiger partial charge < -0.3 is 15.8 Å². The van der Waals surface area contributed by atoms with Gasteiger partial charge in [0, 0.05) is 41.2 Å². The Morgan fingerprint density at radius 2 is 2.10 bits per heavy atom. The summed E-state index contributed by atoms with van der Waals surface area (Å²) in [5, 5.41) is 18.9.